The van der Waals surface area contributed by atoms with Crippen LogP contribution in [0.4, 0.5) is 0 Å². The molecule has 2 heterocycles. The molecule has 0 aliphatic carbocycles. The minimum Gasteiger partial charge on any atom is -0.489 e. The lowest BCUT2D eigenvalue weighted by Gasteiger charge is -2.48. The van der Waals surface area contributed by atoms with E-state index < -0.39 is 21.5 Å². The van der Waals surface area contributed by atoms with Crippen LogP contribution in [0.5, 0.6) is 5.75 Å². The molecule has 0 bridgehead atoms. The number of hydrogen-bond acceptors (Lipinski definition) is 7. The fourth-order valence-corrected chi connectivity index (χ4v) is 5.75. The molecule has 1 aromatic heterocycles. The highest BCUT2D eigenvalue weighted by Crippen LogP contribution is 2.27. The molecule has 2 amide bonds. The molecular formula is C26H30N4O6S. The molecule has 0 radical (unpaired) electrons. The molecule has 0 atom stereocenters. The van der Waals surface area contributed by atoms with E-state index in [1.165, 1.54) is 34.6 Å². The van der Waals surface area contributed by atoms with Crippen LogP contribution in [-0.2, 0) is 26.2 Å². The number of carbonyl (C=O) groups is 2. The number of pyridine rings is 1. The Morgan fingerprint density at radius 1 is 1.14 bits per heavy atom. The first-order valence-corrected chi connectivity index (χ1v) is 13.3. The highest BCUT2D eigenvalue weighted by Gasteiger charge is 2.53. The molecule has 11 heteroatoms. The second kappa shape index (κ2) is 10.1. The zero-order valence-electron chi connectivity index (χ0n) is 21.1. The molecular weight excluding hydrogens is 496 g/mol. The zero-order chi connectivity index (χ0) is 27.0. The maximum Gasteiger partial charge on any atom is 0.268 e. The molecule has 1 saturated heterocycles. The minimum absolute atomic E-state index is 0.0839. The Hall–Kier alpha value is -3.54. The van der Waals surface area contributed by atoms with Gasteiger partial charge in [0, 0.05) is 22.6 Å². The summed E-state index contributed by atoms with van der Waals surface area (Å²) >= 11 is 0. The van der Waals surface area contributed by atoms with E-state index in [4.69, 9.17) is 9.94 Å². The molecule has 37 heavy (non-hydrogen) atoms. The first kappa shape index (κ1) is 26.5. The molecule has 1 aliphatic heterocycles. The van der Waals surface area contributed by atoms with Crippen LogP contribution in [0.25, 0.3) is 10.9 Å². The van der Waals surface area contributed by atoms with Crippen LogP contribution in [-0.4, -0.2) is 54.0 Å². The number of hydroxylamine groups is 1. The van der Waals surface area contributed by atoms with Crippen LogP contribution >= 0.6 is 0 Å². The third-order valence-corrected chi connectivity index (χ3v) is 7.93. The molecule has 196 valence electrons. The van der Waals surface area contributed by atoms with Crippen molar-refractivity contribution in [3.63, 3.8) is 0 Å². The smallest absolute Gasteiger partial charge is 0.268 e. The van der Waals surface area contributed by atoms with Gasteiger partial charge in [0.1, 0.15) is 17.9 Å². The number of likely N-dealkylation sites (tertiary alicyclic amines) is 1. The van der Waals surface area contributed by atoms with E-state index in [9.17, 15) is 18.0 Å². The van der Waals surface area contributed by atoms with Crippen LogP contribution in [0.1, 0.15) is 30.7 Å². The summed E-state index contributed by atoms with van der Waals surface area (Å²) in [5.41, 5.74) is 3.67. The summed E-state index contributed by atoms with van der Waals surface area (Å²) in [5.74, 6) is -0.986. The summed E-state index contributed by atoms with van der Waals surface area (Å²) < 4.78 is 34.4. The lowest BCUT2D eigenvalue weighted by atomic mass is 9.89. The first-order chi connectivity index (χ1) is 17.5. The SMILES string of the molecule is Cc1cc(COc2ccc(S(=O)(=O)NC3(C(=O)NO)CN(C(=O)C(C)C)C3)cc2)c2cccc(C)c2n1. The predicted molar refractivity (Wildman–Crippen MR) is 136 cm³/mol. The van der Waals surface area contributed by atoms with Gasteiger partial charge in [-0.15, -0.1) is 0 Å². The number of nitrogens with one attached hydrogen (secondary N) is 2. The number of nitrogens with zero attached hydrogens (tertiary/aromatic N) is 2. The molecule has 1 aliphatic rings. The summed E-state index contributed by atoms with van der Waals surface area (Å²) in [4.78, 5) is 30.4. The topological polar surface area (TPSA) is 138 Å². The van der Waals surface area contributed by atoms with Gasteiger partial charge in [-0.1, -0.05) is 32.0 Å². The Kier molecular flexibility index (Phi) is 7.22. The number of sulfonamides is 1. The molecule has 1 fully saturated rings. The Morgan fingerprint density at radius 3 is 2.43 bits per heavy atom. The van der Waals surface area contributed by atoms with Crippen molar-refractivity contribution in [2.24, 2.45) is 5.92 Å². The molecule has 0 unspecified atom stereocenters. The highest BCUT2D eigenvalue weighted by atomic mass is 32.2. The van der Waals surface area contributed by atoms with Crippen LogP contribution in [0.15, 0.2) is 53.4 Å². The van der Waals surface area contributed by atoms with Gasteiger partial charge in [-0.3, -0.25) is 19.8 Å². The van der Waals surface area contributed by atoms with Gasteiger partial charge >= 0.3 is 0 Å². The fourth-order valence-electron chi connectivity index (χ4n) is 4.40. The Morgan fingerprint density at radius 2 is 1.81 bits per heavy atom. The van der Waals surface area contributed by atoms with Crippen molar-refractivity contribution in [1.82, 2.24) is 20.1 Å². The van der Waals surface area contributed by atoms with E-state index in [2.05, 4.69) is 9.71 Å². The third kappa shape index (κ3) is 5.29. The maximum atomic E-state index is 13.1. The van der Waals surface area contributed by atoms with E-state index in [-0.39, 0.29) is 36.4 Å². The molecule has 2 aromatic carbocycles. The Balaban J connectivity index is 1.48. The summed E-state index contributed by atoms with van der Waals surface area (Å²) in [6.45, 7) is 7.25. The Bertz CT molecular complexity index is 1450. The van der Waals surface area contributed by atoms with E-state index in [0.29, 0.717) is 5.75 Å². The number of benzene rings is 2. The van der Waals surface area contributed by atoms with Crippen molar-refractivity contribution in [2.45, 2.75) is 44.7 Å². The number of aryl methyl sites for hydroxylation is 2. The second-order valence-corrected chi connectivity index (χ2v) is 11.3. The summed E-state index contributed by atoms with van der Waals surface area (Å²) in [7, 11) is -4.15. The van der Waals surface area contributed by atoms with Gasteiger partial charge in [0.15, 0.2) is 0 Å². The number of para-hydroxylation sites is 1. The summed E-state index contributed by atoms with van der Waals surface area (Å²) in [6, 6.07) is 13.7. The van der Waals surface area contributed by atoms with Gasteiger partial charge in [-0.25, -0.2) is 13.9 Å². The van der Waals surface area contributed by atoms with Crippen molar-refractivity contribution >= 4 is 32.7 Å². The van der Waals surface area contributed by atoms with Gasteiger partial charge in [-0.05, 0) is 49.7 Å². The van der Waals surface area contributed by atoms with Gasteiger partial charge in [0.25, 0.3) is 5.91 Å². The normalized spacial score (nSPS) is 14.9. The first-order valence-electron chi connectivity index (χ1n) is 11.8. The number of rotatable bonds is 8. The largest absolute Gasteiger partial charge is 0.489 e. The van der Waals surface area contributed by atoms with E-state index in [1.54, 1.807) is 13.8 Å². The molecule has 0 spiro atoms. The summed E-state index contributed by atoms with van der Waals surface area (Å²) in [6.07, 6.45) is 0. The number of aromatic nitrogens is 1. The number of ether oxygens (including phenoxy) is 1. The van der Waals surface area contributed by atoms with Gasteiger partial charge < -0.3 is 9.64 Å². The average molecular weight is 527 g/mol. The average Bonchev–Trinajstić information content (AvgIpc) is 2.84. The minimum atomic E-state index is -4.15. The summed E-state index contributed by atoms with van der Waals surface area (Å²) in [5, 5.41) is 10.2. The van der Waals surface area contributed by atoms with Crippen molar-refractivity contribution in [2.75, 3.05) is 13.1 Å². The van der Waals surface area contributed by atoms with E-state index >= 15 is 0 Å². The molecule has 10 nitrogen and oxygen atoms in total. The number of carbonyl (C=O) groups excluding carboxylic acids is 2. The molecule has 4 rings (SSSR count). The van der Waals surface area contributed by atoms with Crippen molar-refractivity contribution in [3.8, 4) is 5.75 Å². The van der Waals surface area contributed by atoms with E-state index in [1.807, 2.05) is 38.1 Å². The number of amides is 2. The molecule has 3 N–H and O–H groups in total. The van der Waals surface area contributed by atoms with Gasteiger partial charge in [0.05, 0.1) is 23.5 Å². The predicted octanol–water partition coefficient (Wildman–Crippen LogP) is 2.45. The van der Waals surface area contributed by atoms with Gasteiger partial charge in [-0.2, -0.15) is 4.72 Å². The lowest BCUT2D eigenvalue weighted by Crippen LogP contribution is -2.77. The van der Waals surface area contributed by atoms with Crippen molar-refractivity contribution < 1.29 is 28.0 Å². The highest BCUT2D eigenvalue weighted by molar-refractivity contribution is 7.89. The second-order valence-electron chi connectivity index (χ2n) is 9.63. The molecule has 3 aromatic rings. The lowest BCUT2D eigenvalue weighted by molar-refractivity contribution is -0.152. The van der Waals surface area contributed by atoms with Gasteiger partial charge in [0.2, 0.25) is 15.9 Å². The fraction of sp³-hybridized carbons (Fsp3) is 0.346. The number of fused-ring (bicyclic) bond motifs is 1. The van der Waals surface area contributed by atoms with Crippen LogP contribution < -0.4 is 14.9 Å². The van der Waals surface area contributed by atoms with Crippen molar-refractivity contribution in [1.29, 1.82) is 0 Å². The standard InChI is InChI=1S/C26H30N4O6S/c1-16(2)24(31)30-14-26(15-30,25(32)28-33)29-37(34,35)21-10-8-20(9-11-21)36-13-19-12-18(4)27-23-17(3)6-5-7-22(19)23/h5-12,16,29,33H,13-15H2,1-4H3,(H,28,32). The van der Waals surface area contributed by atoms with Crippen LogP contribution in [0, 0.1) is 19.8 Å². The number of hydrogen-bond donors (Lipinski definition) is 3. The van der Waals surface area contributed by atoms with Crippen molar-refractivity contribution in [3.05, 3.63) is 65.4 Å². The quantitative estimate of drug-likeness (QED) is 0.303. The Labute approximate surface area is 215 Å². The van der Waals surface area contributed by atoms with Crippen LogP contribution in [0.3, 0.4) is 0 Å². The third-order valence-electron chi connectivity index (χ3n) is 6.38. The van der Waals surface area contributed by atoms with Crippen LogP contribution in [0.2, 0.25) is 0 Å². The zero-order valence-corrected chi connectivity index (χ0v) is 21.9. The van der Waals surface area contributed by atoms with E-state index in [0.717, 1.165) is 27.7 Å². The monoisotopic (exact) mass is 526 g/mol. The maximum absolute atomic E-state index is 13.1. The molecule has 0 saturated carbocycles.